The molecule has 0 aliphatic heterocycles. The van der Waals surface area contributed by atoms with Crippen molar-refractivity contribution in [1.82, 2.24) is 15.1 Å². The minimum Gasteiger partial charge on any atom is -0.480 e. The molecule has 0 spiro atoms. The highest BCUT2D eigenvalue weighted by atomic mass is 35.5. The quantitative estimate of drug-likeness (QED) is 0.729. The molecule has 0 unspecified atom stereocenters. The van der Waals surface area contributed by atoms with Gasteiger partial charge in [0.25, 0.3) is 0 Å². The molecule has 1 aromatic rings. The smallest absolute Gasteiger partial charge is 0.325 e. The predicted octanol–water partition coefficient (Wildman–Crippen LogP) is 0.842. The van der Waals surface area contributed by atoms with Crippen LogP contribution in [0, 0.1) is 0 Å². The van der Waals surface area contributed by atoms with Crippen molar-refractivity contribution < 1.29 is 14.7 Å². The molecule has 0 fully saturated rings. The lowest BCUT2D eigenvalue weighted by Gasteiger charge is -2.03. The van der Waals surface area contributed by atoms with Crippen LogP contribution in [0.5, 0.6) is 0 Å². The van der Waals surface area contributed by atoms with Crippen LogP contribution in [0.1, 0.15) is 0 Å². The van der Waals surface area contributed by atoms with Crippen molar-refractivity contribution in [3.63, 3.8) is 0 Å². The SMILES string of the molecule is C=C(Cl)CNC(=O)Nc1cnn(CC(=O)O)c1. The Bertz CT molecular complexity index is 443. The van der Waals surface area contributed by atoms with Crippen molar-refractivity contribution in [2.45, 2.75) is 6.54 Å². The third-order valence-corrected chi connectivity index (χ3v) is 1.76. The van der Waals surface area contributed by atoms with Crippen LogP contribution in [-0.4, -0.2) is 33.4 Å². The largest absolute Gasteiger partial charge is 0.480 e. The summed E-state index contributed by atoms with van der Waals surface area (Å²) in [6.45, 7) is 3.30. The van der Waals surface area contributed by atoms with Crippen LogP contribution in [-0.2, 0) is 11.3 Å². The van der Waals surface area contributed by atoms with E-state index in [-0.39, 0.29) is 13.1 Å². The number of aromatic nitrogens is 2. The van der Waals surface area contributed by atoms with Gasteiger partial charge < -0.3 is 15.7 Å². The molecule has 1 aromatic heterocycles. The van der Waals surface area contributed by atoms with Crippen LogP contribution >= 0.6 is 11.6 Å². The van der Waals surface area contributed by atoms with Gasteiger partial charge in [-0.15, -0.1) is 0 Å². The van der Waals surface area contributed by atoms with E-state index in [1.807, 2.05) is 0 Å². The molecule has 3 N–H and O–H groups in total. The van der Waals surface area contributed by atoms with E-state index in [1.165, 1.54) is 17.1 Å². The van der Waals surface area contributed by atoms with E-state index >= 15 is 0 Å². The molecule has 8 heteroatoms. The van der Waals surface area contributed by atoms with Crippen molar-refractivity contribution in [1.29, 1.82) is 0 Å². The molecule has 0 aromatic carbocycles. The molecular formula is C9H11ClN4O3. The molecule has 0 aliphatic carbocycles. The Morgan fingerprint density at radius 3 is 2.88 bits per heavy atom. The number of aliphatic carboxylic acids is 1. The van der Waals surface area contributed by atoms with Gasteiger partial charge in [-0.05, 0) is 0 Å². The van der Waals surface area contributed by atoms with Gasteiger partial charge in [0.15, 0.2) is 0 Å². The lowest BCUT2D eigenvalue weighted by Crippen LogP contribution is -2.29. The Morgan fingerprint density at radius 1 is 1.59 bits per heavy atom. The van der Waals surface area contributed by atoms with E-state index in [1.54, 1.807) is 0 Å². The molecule has 0 aliphatic rings. The Kier molecular flexibility index (Phi) is 4.53. The van der Waals surface area contributed by atoms with Crippen LogP contribution in [0.3, 0.4) is 0 Å². The second-order valence-electron chi connectivity index (χ2n) is 3.15. The van der Waals surface area contributed by atoms with Gasteiger partial charge in [-0.1, -0.05) is 18.2 Å². The summed E-state index contributed by atoms with van der Waals surface area (Å²) in [7, 11) is 0. The number of hydrogen-bond acceptors (Lipinski definition) is 3. The van der Waals surface area contributed by atoms with Gasteiger partial charge in [0.05, 0.1) is 18.4 Å². The molecule has 1 heterocycles. The predicted molar refractivity (Wildman–Crippen MR) is 61.9 cm³/mol. The number of carbonyl (C=O) groups excluding carboxylic acids is 1. The number of halogens is 1. The summed E-state index contributed by atoms with van der Waals surface area (Å²) >= 11 is 5.47. The summed E-state index contributed by atoms with van der Waals surface area (Å²) in [5.74, 6) is -1.01. The summed E-state index contributed by atoms with van der Waals surface area (Å²) in [5.41, 5.74) is 0.393. The fraction of sp³-hybridized carbons (Fsp3) is 0.222. The maximum Gasteiger partial charge on any atom is 0.325 e. The van der Waals surface area contributed by atoms with Gasteiger partial charge in [-0.2, -0.15) is 5.10 Å². The van der Waals surface area contributed by atoms with Crippen LogP contribution in [0.25, 0.3) is 0 Å². The number of carboxylic acids is 1. The summed E-state index contributed by atoms with van der Waals surface area (Å²) in [5, 5.41) is 17.5. The Balaban J connectivity index is 2.46. The minimum absolute atomic E-state index is 0.149. The first kappa shape index (κ1) is 13.0. The van der Waals surface area contributed by atoms with Crippen molar-refractivity contribution >= 4 is 29.3 Å². The number of rotatable bonds is 5. The molecule has 0 bridgehead atoms. The Morgan fingerprint density at radius 2 is 2.29 bits per heavy atom. The monoisotopic (exact) mass is 258 g/mol. The van der Waals surface area contributed by atoms with E-state index in [2.05, 4.69) is 22.3 Å². The molecule has 0 radical (unpaired) electrons. The number of nitrogens with one attached hydrogen (secondary N) is 2. The van der Waals surface area contributed by atoms with Gasteiger partial charge in [-0.25, -0.2) is 4.79 Å². The maximum absolute atomic E-state index is 11.3. The zero-order chi connectivity index (χ0) is 12.8. The third kappa shape index (κ3) is 5.03. The van der Waals surface area contributed by atoms with Gasteiger partial charge in [0.2, 0.25) is 0 Å². The molecule has 0 saturated carbocycles. The zero-order valence-corrected chi connectivity index (χ0v) is 9.57. The van der Waals surface area contributed by atoms with Gasteiger partial charge >= 0.3 is 12.0 Å². The normalized spacial score (nSPS) is 9.71. The lowest BCUT2D eigenvalue weighted by molar-refractivity contribution is -0.137. The summed E-state index contributed by atoms with van der Waals surface area (Å²) in [6.07, 6.45) is 2.75. The number of hydrogen-bond donors (Lipinski definition) is 3. The molecule has 0 atom stereocenters. The Hall–Kier alpha value is -2.02. The molecule has 0 saturated heterocycles. The summed E-state index contributed by atoms with van der Waals surface area (Å²) in [4.78, 5) is 21.7. The number of carboxylic acid groups (broad SMARTS) is 1. The minimum atomic E-state index is -1.01. The van der Waals surface area contributed by atoms with Gasteiger partial charge in [-0.3, -0.25) is 9.48 Å². The van der Waals surface area contributed by atoms with E-state index in [4.69, 9.17) is 16.7 Å². The number of urea groups is 1. The van der Waals surface area contributed by atoms with E-state index in [0.717, 1.165) is 0 Å². The van der Waals surface area contributed by atoms with Gasteiger partial charge in [0, 0.05) is 11.2 Å². The number of carbonyl (C=O) groups is 2. The zero-order valence-electron chi connectivity index (χ0n) is 8.81. The standard InChI is InChI=1S/C9H11ClN4O3/c1-6(10)2-11-9(17)13-7-3-12-14(4-7)5-8(15)16/h3-4H,1-2,5H2,(H,15,16)(H2,11,13,17). The van der Waals surface area contributed by atoms with Crippen LogP contribution in [0.2, 0.25) is 0 Å². The van der Waals surface area contributed by atoms with E-state index in [0.29, 0.717) is 10.7 Å². The van der Waals surface area contributed by atoms with Crippen molar-refractivity contribution in [2.75, 3.05) is 11.9 Å². The first-order valence-electron chi connectivity index (χ1n) is 4.60. The van der Waals surface area contributed by atoms with Crippen molar-refractivity contribution in [3.8, 4) is 0 Å². The van der Waals surface area contributed by atoms with E-state index < -0.39 is 12.0 Å². The van der Waals surface area contributed by atoms with Crippen LogP contribution in [0.4, 0.5) is 10.5 Å². The maximum atomic E-state index is 11.3. The number of amides is 2. The van der Waals surface area contributed by atoms with Gasteiger partial charge in [0.1, 0.15) is 6.54 Å². The molecular weight excluding hydrogens is 248 g/mol. The van der Waals surface area contributed by atoms with Crippen molar-refractivity contribution in [2.24, 2.45) is 0 Å². The summed E-state index contributed by atoms with van der Waals surface area (Å²) < 4.78 is 1.19. The Labute approximate surface area is 102 Å². The second-order valence-corrected chi connectivity index (χ2v) is 3.68. The van der Waals surface area contributed by atoms with Crippen LogP contribution in [0.15, 0.2) is 24.0 Å². The third-order valence-electron chi connectivity index (χ3n) is 1.63. The number of anilines is 1. The fourth-order valence-electron chi connectivity index (χ4n) is 1.00. The topological polar surface area (TPSA) is 96.3 Å². The van der Waals surface area contributed by atoms with Crippen LogP contribution < -0.4 is 10.6 Å². The first-order valence-corrected chi connectivity index (χ1v) is 4.97. The average molecular weight is 259 g/mol. The number of nitrogens with zero attached hydrogens (tertiary/aromatic N) is 2. The highest BCUT2D eigenvalue weighted by molar-refractivity contribution is 6.29. The molecule has 1 rings (SSSR count). The average Bonchev–Trinajstić information content (AvgIpc) is 2.61. The van der Waals surface area contributed by atoms with Crippen molar-refractivity contribution in [3.05, 3.63) is 24.0 Å². The highest BCUT2D eigenvalue weighted by Crippen LogP contribution is 2.04. The first-order chi connectivity index (χ1) is 7.97. The molecule has 92 valence electrons. The fourth-order valence-corrected chi connectivity index (χ4v) is 1.07. The highest BCUT2D eigenvalue weighted by Gasteiger charge is 2.05. The molecule has 17 heavy (non-hydrogen) atoms. The molecule has 2 amide bonds. The lowest BCUT2D eigenvalue weighted by atomic mass is 10.5. The molecule has 7 nitrogen and oxygen atoms in total. The second kappa shape index (κ2) is 5.90. The van der Waals surface area contributed by atoms with E-state index in [9.17, 15) is 9.59 Å². The summed E-state index contributed by atoms with van der Waals surface area (Å²) in [6, 6.07) is -0.471.